The number of pyridine rings is 2. The van der Waals surface area contributed by atoms with Crippen LogP contribution in [0.2, 0.25) is 0 Å². The molecule has 0 aliphatic carbocycles. The number of halogens is 4. The number of alkyl halides is 3. The fraction of sp³-hybridized carbons (Fsp3) is 0.190. The zero-order chi connectivity index (χ0) is 22.0. The van der Waals surface area contributed by atoms with E-state index >= 15 is 0 Å². The average molecular weight is 493 g/mol. The summed E-state index contributed by atoms with van der Waals surface area (Å²) in [5.41, 5.74) is 1.25. The lowest BCUT2D eigenvalue weighted by atomic mass is 10.1. The number of carbonyl (C=O) groups excluding carboxylic acids is 1. The van der Waals surface area contributed by atoms with Gasteiger partial charge in [-0.1, -0.05) is 22.0 Å². The van der Waals surface area contributed by atoms with Crippen LogP contribution in [0.5, 0.6) is 5.88 Å². The van der Waals surface area contributed by atoms with Crippen LogP contribution in [0.4, 0.5) is 29.3 Å². The van der Waals surface area contributed by atoms with E-state index < -0.39 is 17.8 Å². The molecule has 0 radical (unpaired) electrons. The molecule has 1 N–H and O–H groups in total. The van der Waals surface area contributed by atoms with Crippen molar-refractivity contribution in [1.82, 2.24) is 9.97 Å². The van der Waals surface area contributed by atoms with Crippen molar-refractivity contribution in [1.29, 1.82) is 0 Å². The molecule has 6 nitrogen and oxygen atoms in total. The molecule has 0 fully saturated rings. The molecule has 10 heteroatoms. The third-order valence-electron chi connectivity index (χ3n) is 4.70. The van der Waals surface area contributed by atoms with Crippen LogP contribution in [0.15, 0.2) is 59.3 Å². The van der Waals surface area contributed by atoms with Crippen molar-refractivity contribution in [3.8, 4) is 5.88 Å². The minimum Gasteiger partial charge on any atom is -0.471 e. The van der Waals surface area contributed by atoms with Crippen molar-refractivity contribution in [2.45, 2.75) is 19.2 Å². The number of aromatic nitrogens is 2. The molecular weight excluding hydrogens is 477 g/mol. The van der Waals surface area contributed by atoms with Crippen LogP contribution in [0.3, 0.4) is 0 Å². The number of ether oxygens (including phenoxy) is 1. The number of nitrogens with zero attached hydrogens (tertiary/aromatic N) is 3. The third kappa shape index (κ3) is 4.79. The molecule has 0 bridgehead atoms. The second kappa shape index (κ2) is 8.54. The van der Waals surface area contributed by atoms with Crippen molar-refractivity contribution < 1.29 is 22.7 Å². The summed E-state index contributed by atoms with van der Waals surface area (Å²) in [6, 6.07) is 10.6. The van der Waals surface area contributed by atoms with Gasteiger partial charge in [0.1, 0.15) is 6.61 Å². The van der Waals surface area contributed by atoms with Gasteiger partial charge < -0.3 is 10.1 Å². The molecule has 160 valence electrons. The van der Waals surface area contributed by atoms with Gasteiger partial charge in [0, 0.05) is 29.0 Å². The highest BCUT2D eigenvalue weighted by atomic mass is 79.9. The Morgan fingerprint density at radius 2 is 2.03 bits per heavy atom. The average Bonchev–Trinajstić information content (AvgIpc) is 3.15. The van der Waals surface area contributed by atoms with Gasteiger partial charge in [-0.25, -0.2) is 9.78 Å². The second-order valence-electron chi connectivity index (χ2n) is 6.79. The van der Waals surface area contributed by atoms with E-state index in [1.807, 2.05) is 12.1 Å². The van der Waals surface area contributed by atoms with Gasteiger partial charge in [0.05, 0.1) is 23.1 Å². The number of hydrogen-bond donors (Lipinski definition) is 1. The Hall–Kier alpha value is -3.14. The molecule has 0 atom stereocenters. The molecule has 31 heavy (non-hydrogen) atoms. The number of amides is 2. The highest BCUT2D eigenvalue weighted by Gasteiger charge is 2.36. The van der Waals surface area contributed by atoms with Gasteiger partial charge in [0.2, 0.25) is 5.88 Å². The minimum atomic E-state index is -4.52. The second-order valence-corrected chi connectivity index (χ2v) is 7.64. The Morgan fingerprint density at radius 1 is 1.19 bits per heavy atom. The van der Waals surface area contributed by atoms with E-state index in [0.29, 0.717) is 23.6 Å². The van der Waals surface area contributed by atoms with Gasteiger partial charge in [-0.05, 0) is 42.3 Å². The molecule has 1 aromatic carbocycles. The van der Waals surface area contributed by atoms with Crippen molar-refractivity contribution in [3.05, 3.63) is 76.2 Å². The molecule has 2 aromatic heterocycles. The molecule has 0 saturated heterocycles. The summed E-state index contributed by atoms with van der Waals surface area (Å²) in [4.78, 5) is 22.3. The Labute approximate surface area is 184 Å². The van der Waals surface area contributed by atoms with Crippen LogP contribution in [0, 0.1) is 0 Å². The van der Waals surface area contributed by atoms with E-state index in [1.54, 1.807) is 24.4 Å². The Kier molecular flexibility index (Phi) is 5.81. The van der Waals surface area contributed by atoms with Crippen LogP contribution >= 0.6 is 15.9 Å². The number of hydrogen-bond acceptors (Lipinski definition) is 4. The quantitative estimate of drug-likeness (QED) is 0.527. The Morgan fingerprint density at radius 3 is 2.71 bits per heavy atom. The molecule has 1 aliphatic heterocycles. The molecule has 3 heterocycles. The van der Waals surface area contributed by atoms with Crippen LogP contribution in [-0.2, 0) is 19.2 Å². The minimum absolute atomic E-state index is 0.0356. The Balaban J connectivity index is 1.43. The summed E-state index contributed by atoms with van der Waals surface area (Å²) in [5, 5.41) is 2.66. The maximum Gasteiger partial charge on any atom is 0.417 e. The lowest BCUT2D eigenvalue weighted by molar-refractivity contribution is -0.138. The zero-order valence-electron chi connectivity index (χ0n) is 16.0. The number of urea groups is 1. The van der Waals surface area contributed by atoms with E-state index in [-0.39, 0.29) is 23.3 Å². The van der Waals surface area contributed by atoms with Crippen LogP contribution in [0.25, 0.3) is 0 Å². The van der Waals surface area contributed by atoms with Gasteiger partial charge in [0.15, 0.2) is 0 Å². The number of benzene rings is 1. The van der Waals surface area contributed by atoms with E-state index in [9.17, 15) is 18.0 Å². The number of carbonyl (C=O) groups is 1. The summed E-state index contributed by atoms with van der Waals surface area (Å²) in [7, 11) is 0. The van der Waals surface area contributed by atoms with E-state index in [1.165, 1.54) is 17.2 Å². The molecule has 4 rings (SSSR count). The first-order chi connectivity index (χ1) is 14.8. The lowest BCUT2D eigenvalue weighted by Crippen LogP contribution is -2.33. The summed E-state index contributed by atoms with van der Waals surface area (Å²) in [6.07, 6.45) is -0.964. The van der Waals surface area contributed by atoms with Gasteiger partial charge in [-0.15, -0.1) is 0 Å². The normalized spacial score (nSPS) is 13.1. The first kappa shape index (κ1) is 21.1. The van der Waals surface area contributed by atoms with Crippen LogP contribution in [-0.4, -0.2) is 22.5 Å². The highest BCUT2D eigenvalue weighted by Crippen LogP contribution is 2.41. The van der Waals surface area contributed by atoms with E-state index in [0.717, 1.165) is 11.8 Å². The van der Waals surface area contributed by atoms with Crippen molar-refractivity contribution in [3.63, 3.8) is 0 Å². The first-order valence-corrected chi connectivity index (χ1v) is 10.1. The standard InChI is InChI=1S/C21H16BrF3N4O2/c22-17-9-13-6-8-29(18(13)10-16(17)21(23,24)25)20(30)28-14-4-5-19(27-11-14)31-12-15-3-1-2-7-26-15/h1-5,7,9-11H,6,8,12H2,(H,28,30). The molecule has 0 spiro atoms. The predicted octanol–water partition coefficient (Wildman–Crippen LogP) is 5.43. The fourth-order valence-electron chi connectivity index (χ4n) is 3.20. The number of nitrogens with one attached hydrogen (secondary N) is 1. The fourth-order valence-corrected chi connectivity index (χ4v) is 3.81. The third-order valence-corrected chi connectivity index (χ3v) is 5.35. The van der Waals surface area contributed by atoms with E-state index in [2.05, 4.69) is 31.2 Å². The molecule has 1 aliphatic rings. The van der Waals surface area contributed by atoms with Gasteiger partial charge >= 0.3 is 12.2 Å². The molecule has 0 saturated carbocycles. The Bertz CT molecular complexity index is 1090. The highest BCUT2D eigenvalue weighted by molar-refractivity contribution is 9.10. The van der Waals surface area contributed by atoms with Crippen LogP contribution < -0.4 is 15.0 Å². The molecule has 2 amide bonds. The molecule has 3 aromatic rings. The first-order valence-electron chi connectivity index (χ1n) is 9.28. The van der Waals surface area contributed by atoms with Crippen molar-refractivity contribution >= 4 is 33.3 Å². The summed E-state index contributed by atoms with van der Waals surface area (Å²) in [5.74, 6) is 0.356. The smallest absolute Gasteiger partial charge is 0.417 e. The number of fused-ring (bicyclic) bond motifs is 1. The number of anilines is 2. The van der Waals surface area contributed by atoms with Gasteiger partial charge in [0.25, 0.3) is 0 Å². The maximum absolute atomic E-state index is 13.2. The van der Waals surface area contributed by atoms with Crippen molar-refractivity contribution in [2.75, 3.05) is 16.8 Å². The number of rotatable bonds is 4. The molecular formula is C21H16BrF3N4O2. The van der Waals surface area contributed by atoms with Crippen molar-refractivity contribution in [2.24, 2.45) is 0 Å². The van der Waals surface area contributed by atoms with Gasteiger partial charge in [-0.2, -0.15) is 13.2 Å². The topological polar surface area (TPSA) is 67.3 Å². The largest absolute Gasteiger partial charge is 0.471 e. The monoisotopic (exact) mass is 492 g/mol. The lowest BCUT2D eigenvalue weighted by Gasteiger charge is -2.20. The maximum atomic E-state index is 13.2. The zero-order valence-corrected chi connectivity index (χ0v) is 17.6. The summed E-state index contributed by atoms with van der Waals surface area (Å²) in [6.45, 7) is 0.537. The van der Waals surface area contributed by atoms with Gasteiger partial charge in [-0.3, -0.25) is 9.88 Å². The summed E-state index contributed by atoms with van der Waals surface area (Å²) >= 11 is 2.97. The van der Waals surface area contributed by atoms with Crippen LogP contribution in [0.1, 0.15) is 16.8 Å². The van der Waals surface area contributed by atoms with E-state index in [4.69, 9.17) is 4.74 Å². The SMILES string of the molecule is O=C(Nc1ccc(OCc2ccccn2)nc1)N1CCc2cc(Br)c(C(F)(F)F)cc21. The predicted molar refractivity (Wildman–Crippen MR) is 112 cm³/mol. The molecule has 0 unspecified atom stereocenters. The summed E-state index contributed by atoms with van der Waals surface area (Å²) < 4.78 is 45.2.